The van der Waals surface area contributed by atoms with Crippen LogP contribution in [-0.4, -0.2) is 43.7 Å². The molecule has 0 radical (unpaired) electrons. The summed E-state index contributed by atoms with van der Waals surface area (Å²) < 4.78 is 2.04. The molecular formula is C17H20N6O. The van der Waals surface area contributed by atoms with Crippen molar-refractivity contribution in [1.82, 2.24) is 19.4 Å². The second kappa shape index (κ2) is 5.76. The molecule has 1 saturated heterocycles. The van der Waals surface area contributed by atoms with Gasteiger partial charge in [-0.15, -0.1) is 0 Å². The van der Waals surface area contributed by atoms with E-state index in [0.29, 0.717) is 5.82 Å². The number of aliphatic hydroxyl groups excluding tert-OH is 1. The summed E-state index contributed by atoms with van der Waals surface area (Å²) in [6.45, 7) is 3.60. The Labute approximate surface area is 139 Å². The number of piperidine rings is 1. The highest BCUT2D eigenvalue weighted by Crippen LogP contribution is 2.28. The summed E-state index contributed by atoms with van der Waals surface area (Å²) in [5, 5.41) is 9.71. The highest BCUT2D eigenvalue weighted by atomic mass is 16.3. The van der Waals surface area contributed by atoms with Crippen LogP contribution in [0, 0.1) is 6.92 Å². The summed E-state index contributed by atoms with van der Waals surface area (Å²) in [5.41, 5.74) is 9.61. The van der Waals surface area contributed by atoms with Crippen molar-refractivity contribution in [3.8, 4) is 11.3 Å². The monoisotopic (exact) mass is 324 g/mol. The van der Waals surface area contributed by atoms with Crippen molar-refractivity contribution in [2.75, 3.05) is 23.7 Å². The molecule has 3 aromatic heterocycles. The number of pyridine rings is 1. The van der Waals surface area contributed by atoms with Gasteiger partial charge in [0.2, 0.25) is 0 Å². The lowest BCUT2D eigenvalue weighted by Crippen LogP contribution is -2.36. The standard InChI is InChI=1S/C17H20N6O/c1-11-8-15(18)20-9-13(11)14-10-21-17-16(19-4-7-23(14)17)22-5-2-12(24)3-6-22/h4,7-10,12,24H,2-3,5-6H2,1H3,(H2,18,20). The fourth-order valence-electron chi connectivity index (χ4n) is 3.25. The van der Waals surface area contributed by atoms with Gasteiger partial charge in [0.05, 0.1) is 18.0 Å². The Balaban J connectivity index is 1.79. The molecule has 0 saturated carbocycles. The summed E-state index contributed by atoms with van der Waals surface area (Å²) in [6.07, 6.45) is 8.65. The van der Waals surface area contributed by atoms with Crippen molar-refractivity contribution in [3.05, 3.63) is 36.4 Å². The molecule has 24 heavy (non-hydrogen) atoms. The molecule has 4 rings (SSSR count). The van der Waals surface area contributed by atoms with Crippen molar-refractivity contribution in [1.29, 1.82) is 0 Å². The van der Waals surface area contributed by atoms with Crippen molar-refractivity contribution < 1.29 is 5.11 Å². The minimum atomic E-state index is -0.209. The third-order valence-corrected chi connectivity index (χ3v) is 4.58. The van der Waals surface area contributed by atoms with Crippen LogP contribution in [0.2, 0.25) is 0 Å². The fourth-order valence-corrected chi connectivity index (χ4v) is 3.25. The van der Waals surface area contributed by atoms with E-state index in [1.165, 1.54) is 0 Å². The summed E-state index contributed by atoms with van der Waals surface area (Å²) in [7, 11) is 0. The van der Waals surface area contributed by atoms with E-state index in [1.807, 2.05) is 29.8 Å². The Morgan fingerprint density at radius 2 is 1.96 bits per heavy atom. The molecule has 0 aromatic carbocycles. The Morgan fingerprint density at radius 3 is 2.71 bits per heavy atom. The number of nitrogen functional groups attached to an aromatic ring is 1. The molecule has 3 N–H and O–H groups in total. The lowest BCUT2D eigenvalue weighted by Gasteiger charge is -2.30. The number of aliphatic hydroxyl groups is 1. The topological polar surface area (TPSA) is 92.6 Å². The van der Waals surface area contributed by atoms with Gasteiger partial charge in [0.1, 0.15) is 5.82 Å². The van der Waals surface area contributed by atoms with Crippen LogP contribution in [0.15, 0.2) is 30.9 Å². The normalized spacial score (nSPS) is 16.0. The number of fused-ring (bicyclic) bond motifs is 1. The van der Waals surface area contributed by atoms with E-state index in [0.717, 1.165) is 54.2 Å². The Morgan fingerprint density at radius 1 is 1.17 bits per heavy atom. The summed E-state index contributed by atoms with van der Waals surface area (Å²) in [6, 6.07) is 1.86. The van der Waals surface area contributed by atoms with Crippen LogP contribution in [0.25, 0.3) is 16.9 Å². The maximum absolute atomic E-state index is 9.71. The average molecular weight is 324 g/mol. The molecule has 124 valence electrons. The van der Waals surface area contributed by atoms with Crippen molar-refractivity contribution in [2.45, 2.75) is 25.9 Å². The highest BCUT2D eigenvalue weighted by Gasteiger charge is 2.21. The van der Waals surface area contributed by atoms with Crippen molar-refractivity contribution >= 4 is 17.3 Å². The number of imidazole rings is 1. The number of rotatable bonds is 2. The van der Waals surface area contributed by atoms with Crippen LogP contribution in [0.5, 0.6) is 0 Å². The molecule has 0 amide bonds. The summed E-state index contributed by atoms with van der Waals surface area (Å²) >= 11 is 0. The Hall–Kier alpha value is -2.67. The van der Waals surface area contributed by atoms with Crippen molar-refractivity contribution in [3.63, 3.8) is 0 Å². The van der Waals surface area contributed by atoms with E-state index in [2.05, 4.69) is 19.9 Å². The number of aromatic nitrogens is 4. The molecule has 0 atom stereocenters. The van der Waals surface area contributed by atoms with Gasteiger partial charge < -0.3 is 15.7 Å². The maximum Gasteiger partial charge on any atom is 0.180 e. The third kappa shape index (κ3) is 2.46. The average Bonchev–Trinajstić information content (AvgIpc) is 3.00. The molecule has 0 bridgehead atoms. The van der Waals surface area contributed by atoms with E-state index >= 15 is 0 Å². The molecule has 0 spiro atoms. The predicted octanol–water partition coefficient (Wildman–Crippen LogP) is 1.64. The maximum atomic E-state index is 9.71. The zero-order valence-corrected chi connectivity index (χ0v) is 13.6. The third-order valence-electron chi connectivity index (χ3n) is 4.58. The first kappa shape index (κ1) is 14.9. The number of hydrogen-bond donors (Lipinski definition) is 2. The first-order chi connectivity index (χ1) is 11.6. The van der Waals surface area contributed by atoms with Crippen LogP contribution in [0.4, 0.5) is 11.6 Å². The molecule has 0 aliphatic carbocycles. The number of aryl methyl sites for hydroxylation is 1. The molecule has 1 fully saturated rings. The lowest BCUT2D eigenvalue weighted by molar-refractivity contribution is 0.145. The zero-order chi connectivity index (χ0) is 16.7. The summed E-state index contributed by atoms with van der Waals surface area (Å²) in [5.74, 6) is 1.37. The predicted molar refractivity (Wildman–Crippen MR) is 92.8 cm³/mol. The van der Waals surface area contributed by atoms with Gasteiger partial charge in [-0.3, -0.25) is 4.40 Å². The van der Waals surface area contributed by atoms with Crippen LogP contribution < -0.4 is 10.6 Å². The number of nitrogens with zero attached hydrogens (tertiary/aromatic N) is 5. The fraction of sp³-hybridized carbons (Fsp3) is 0.353. The molecule has 0 unspecified atom stereocenters. The highest BCUT2D eigenvalue weighted by molar-refractivity contribution is 5.73. The second-order valence-electron chi connectivity index (χ2n) is 6.23. The van der Waals surface area contributed by atoms with Gasteiger partial charge in [0.15, 0.2) is 11.5 Å². The van der Waals surface area contributed by atoms with E-state index < -0.39 is 0 Å². The van der Waals surface area contributed by atoms with E-state index in [1.54, 1.807) is 12.4 Å². The molecule has 1 aliphatic heterocycles. The Bertz CT molecular complexity index is 882. The van der Waals surface area contributed by atoms with Crippen LogP contribution in [-0.2, 0) is 0 Å². The van der Waals surface area contributed by atoms with Gasteiger partial charge in [-0.25, -0.2) is 15.0 Å². The van der Waals surface area contributed by atoms with Gasteiger partial charge >= 0.3 is 0 Å². The Kier molecular flexibility index (Phi) is 3.57. The largest absolute Gasteiger partial charge is 0.393 e. The number of anilines is 2. The first-order valence-corrected chi connectivity index (χ1v) is 8.11. The van der Waals surface area contributed by atoms with Gasteiger partial charge in [0.25, 0.3) is 0 Å². The quantitative estimate of drug-likeness (QED) is 0.744. The molecule has 7 nitrogen and oxygen atoms in total. The van der Waals surface area contributed by atoms with Crippen molar-refractivity contribution in [2.24, 2.45) is 0 Å². The summed E-state index contributed by atoms with van der Waals surface area (Å²) in [4.78, 5) is 15.5. The van der Waals surface area contributed by atoms with Crippen LogP contribution in [0.1, 0.15) is 18.4 Å². The second-order valence-corrected chi connectivity index (χ2v) is 6.23. The molecule has 7 heteroatoms. The minimum absolute atomic E-state index is 0.209. The zero-order valence-electron chi connectivity index (χ0n) is 13.6. The molecular weight excluding hydrogens is 304 g/mol. The van der Waals surface area contributed by atoms with E-state index in [4.69, 9.17) is 5.73 Å². The molecule has 3 aromatic rings. The number of hydrogen-bond acceptors (Lipinski definition) is 6. The van der Waals surface area contributed by atoms with Crippen LogP contribution >= 0.6 is 0 Å². The van der Waals surface area contributed by atoms with E-state index in [-0.39, 0.29) is 6.10 Å². The lowest BCUT2D eigenvalue weighted by atomic mass is 10.1. The van der Waals surface area contributed by atoms with Gasteiger partial charge in [-0.1, -0.05) is 0 Å². The van der Waals surface area contributed by atoms with Gasteiger partial charge in [-0.05, 0) is 31.4 Å². The number of nitrogens with two attached hydrogens (primary N) is 1. The van der Waals surface area contributed by atoms with E-state index in [9.17, 15) is 5.11 Å². The van der Waals surface area contributed by atoms with Gasteiger partial charge in [0, 0.05) is 37.2 Å². The first-order valence-electron chi connectivity index (χ1n) is 8.11. The van der Waals surface area contributed by atoms with Gasteiger partial charge in [-0.2, -0.15) is 0 Å². The molecule has 4 heterocycles. The smallest absolute Gasteiger partial charge is 0.180 e. The minimum Gasteiger partial charge on any atom is -0.393 e. The SMILES string of the molecule is Cc1cc(N)ncc1-c1cnc2c(N3CCC(O)CC3)nccn12. The van der Waals surface area contributed by atoms with Crippen LogP contribution in [0.3, 0.4) is 0 Å². The molecule has 1 aliphatic rings.